The van der Waals surface area contributed by atoms with E-state index in [1.165, 1.54) is 17.3 Å². The summed E-state index contributed by atoms with van der Waals surface area (Å²) in [6.07, 6.45) is 1.68. The highest BCUT2D eigenvalue weighted by Crippen LogP contribution is 2.24. The normalized spacial score (nSPS) is 11.3. The second-order valence-corrected chi connectivity index (χ2v) is 8.01. The van der Waals surface area contributed by atoms with Crippen LogP contribution in [0.1, 0.15) is 18.1 Å². The molecule has 0 bridgehead atoms. The van der Waals surface area contributed by atoms with Crippen molar-refractivity contribution in [3.05, 3.63) is 77.9 Å². The van der Waals surface area contributed by atoms with Gasteiger partial charge in [-0.25, -0.2) is 5.43 Å². The molecule has 0 radical (unpaired) electrons. The number of aromatic nitrogens is 3. The van der Waals surface area contributed by atoms with E-state index in [1.807, 2.05) is 54.0 Å². The fourth-order valence-electron chi connectivity index (χ4n) is 3.30. The summed E-state index contributed by atoms with van der Waals surface area (Å²) in [5, 5.41) is 15.7. The maximum atomic E-state index is 12.3. The van der Waals surface area contributed by atoms with E-state index in [-0.39, 0.29) is 11.7 Å². The number of hydrazone groups is 1. The van der Waals surface area contributed by atoms with Gasteiger partial charge in [-0.15, -0.1) is 10.2 Å². The van der Waals surface area contributed by atoms with Gasteiger partial charge in [0.15, 0.2) is 11.0 Å². The Bertz CT molecular complexity index is 1230. The highest BCUT2D eigenvalue weighted by atomic mass is 32.2. The number of carbonyl (C=O) groups excluding carboxylic acids is 1. The maximum absolute atomic E-state index is 12.3. The van der Waals surface area contributed by atoms with Crippen LogP contribution in [0.15, 0.2) is 77.0 Å². The number of nitrogens with zero attached hydrogens (tertiary/aromatic N) is 4. The molecular formula is C24H23N5OS. The van der Waals surface area contributed by atoms with Gasteiger partial charge < -0.3 is 4.57 Å². The number of hydrogen-bond acceptors (Lipinski definition) is 5. The first-order valence-electron chi connectivity index (χ1n) is 10.1. The zero-order chi connectivity index (χ0) is 21.6. The Morgan fingerprint density at radius 2 is 1.84 bits per heavy atom. The van der Waals surface area contributed by atoms with Gasteiger partial charge in [-0.2, -0.15) is 5.10 Å². The molecular weight excluding hydrogens is 406 g/mol. The second kappa shape index (κ2) is 9.57. The summed E-state index contributed by atoms with van der Waals surface area (Å²) in [6, 6.07) is 22.3. The molecule has 0 saturated carbocycles. The maximum Gasteiger partial charge on any atom is 0.250 e. The Balaban J connectivity index is 1.39. The van der Waals surface area contributed by atoms with Crippen molar-refractivity contribution in [2.75, 3.05) is 5.75 Å². The minimum atomic E-state index is -0.191. The molecule has 0 aliphatic heterocycles. The van der Waals surface area contributed by atoms with Gasteiger partial charge in [-0.1, -0.05) is 84.1 Å². The van der Waals surface area contributed by atoms with Gasteiger partial charge in [0.1, 0.15) is 0 Å². The van der Waals surface area contributed by atoms with Crippen molar-refractivity contribution in [3.63, 3.8) is 0 Å². The summed E-state index contributed by atoms with van der Waals surface area (Å²) in [6.45, 7) is 4.82. The lowest BCUT2D eigenvalue weighted by Crippen LogP contribution is -2.20. The third-order valence-electron chi connectivity index (χ3n) is 4.89. The minimum absolute atomic E-state index is 0.191. The van der Waals surface area contributed by atoms with Crippen LogP contribution in [-0.4, -0.2) is 32.6 Å². The van der Waals surface area contributed by atoms with E-state index >= 15 is 0 Å². The van der Waals surface area contributed by atoms with Crippen molar-refractivity contribution in [2.24, 2.45) is 5.10 Å². The monoisotopic (exact) mass is 429 g/mol. The topological polar surface area (TPSA) is 72.2 Å². The van der Waals surface area contributed by atoms with Crippen molar-refractivity contribution in [1.82, 2.24) is 20.2 Å². The van der Waals surface area contributed by atoms with Crippen molar-refractivity contribution in [1.29, 1.82) is 0 Å². The number of rotatable bonds is 7. The summed E-state index contributed by atoms with van der Waals surface area (Å²) < 4.78 is 2.02. The van der Waals surface area contributed by atoms with Crippen LogP contribution in [0.5, 0.6) is 0 Å². The number of nitrogens with one attached hydrogen (secondary N) is 1. The Hall–Kier alpha value is -3.45. The van der Waals surface area contributed by atoms with E-state index in [4.69, 9.17) is 0 Å². The van der Waals surface area contributed by atoms with E-state index in [1.54, 1.807) is 6.21 Å². The molecule has 7 heteroatoms. The molecule has 156 valence electrons. The van der Waals surface area contributed by atoms with Gasteiger partial charge >= 0.3 is 0 Å². The van der Waals surface area contributed by atoms with Gasteiger partial charge in [0.05, 0.1) is 12.0 Å². The summed E-state index contributed by atoms with van der Waals surface area (Å²) in [5.41, 5.74) is 5.76. The van der Waals surface area contributed by atoms with Gasteiger partial charge in [0.2, 0.25) is 0 Å². The fraction of sp³-hybridized carbons (Fsp3) is 0.167. The highest BCUT2D eigenvalue weighted by Gasteiger charge is 2.14. The summed E-state index contributed by atoms with van der Waals surface area (Å²) in [4.78, 5) is 12.3. The lowest BCUT2D eigenvalue weighted by Gasteiger charge is -2.07. The van der Waals surface area contributed by atoms with Crippen LogP contribution in [0.2, 0.25) is 0 Å². The van der Waals surface area contributed by atoms with E-state index < -0.39 is 0 Å². The Morgan fingerprint density at radius 3 is 2.65 bits per heavy atom. The van der Waals surface area contributed by atoms with Crippen LogP contribution >= 0.6 is 11.8 Å². The van der Waals surface area contributed by atoms with Crippen molar-refractivity contribution in [3.8, 4) is 11.4 Å². The molecule has 4 rings (SSSR count). The van der Waals surface area contributed by atoms with Crippen LogP contribution in [0, 0.1) is 6.92 Å². The van der Waals surface area contributed by atoms with Crippen LogP contribution in [0.3, 0.4) is 0 Å². The van der Waals surface area contributed by atoms with E-state index in [0.29, 0.717) is 5.16 Å². The first kappa shape index (κ1) is 20.8. The number of carbonyl (C=O) groups is 1. The van der Waals surface area contributed by atoms with Crippen molar-refractivity contribution < 1.29 is 4.79 Å². The smallest absolute Gasteiger partial charge is 0.250 e. The molecule has 1 amide bonds. The van der Waals surface area contributed by atoms with Crippen molar-refractivity contribution in [2.45, 2.75) is 25.5 Å². The summed E-state index contributed by atoms with van der Waals surface area (Å²) >= 11 is 1.35. The van der Waals surface area contributed by atoms with E-state index in [0.717, 1.165) is 34.3 Å². The van der Waals surface area contributed by atoms with E-state index in [2.05, 4.69) is 51.9 Å². The summed E-state index contributed by atoms with van der Waals surface area (Å²) in [5.74, 6) is 0.822. The molecule has 4 aromatic rings. The molecule has 0 aliphatic rings. The number of amides is 1. The first-order chi connectivity index (χ1) is 15.2. The average molecular weight is 430 g/mol. The number of thioether (sulfide) groups is 1. The molecule has 0 saturated heterocycles. The lowest BCUT2D eigenvalue weighted by molar-refractivity contribution is -0.118. The number of hydrogen-bond donors (Lipinski definition) is 1. The number of benzene rings is 3. The molecule has 0 aliphatic carbocycles. The molecule has 3 aromatic carbocycles. The fourth-order valence-corrected chi connectivity index (χ4v) is 4.09. The molecule has 0 fully saturated rings. The van der Waals surface area contributed by atoms with E-state index in [9.17, 15) is 4.79 Å². The molecule has 31 heavy (non-hydrogen) atoms. The molecule has 0 spiro atoms. The van der Waals surface area contributed by atoms with Crippen molar-refractivity contribution >= 4 is 34.7 Å². The molecule has 0 unspecified atom stereocenters. The third-order valence-corrected chi connectivity index (χ3v) is 5.86. The Kier molecular flexibility index (Phi) is 6.43. The zero-order valence-corrected chi connectivity index (χ0v) is 18.3. The number of aryl methyl sites for hydroxylation is 1. The van der Waals surface area contributed by atoms with Gasteiger partial charge in [0, 0.05) is 17.7 Å². The Labute approximate surface area is 185 Å². The predicted octanol–water partition coefficient (Wildman–Crippen LogP) is 4.67. The van der Waals surface area contributed by atoms with Crippen LogP contribution in [0.25, 0.3) is 22.2 Å². The van der Waals surface area contributed by atoms with Gasteiger partial charge in [-0.05, 0) is 24.6 Å². The van der Waals surface area contributed by atoms with Crippen LogP contribution < -0.4 is 5.43 Å². The predicted molar refractivity (Wildman–Crippen MR) is 126 cm³/mol. The highest BCUT2D eigenvalue weighted by molar-refractivity contribution is 7.99. The van der Waals surface area contributed by atoms with Gasteiger partial charge in [-0.3, -0.25) is 4.79 Å². The SMILES string of the molecule is CCn1c(SCC(=O)N/N=C/c2cccc3ccccc23)nnc1-c1ccc(C)cc1. The van der Waals surface area contributed by atoms with Crippen LogP contribution in [-0.2, 0) is 11.3 Å². The van der Waals surface area contributed by atoms with Gasteiger partial charge in [0.25, 0.3) is 5.91 Å². The Morgan fingerprint density at radius 1 is 1.06 bits per heavy atom. The molecule has 1 aromatic heterocycles. The largest absolute Gasteiger partial charge is 0.302 e. The zero-order valence-electron chi connectivity index (χ0n) is 17.4. The first-order valence-corrected chi connectivity index (χ1v) is 11.1. The quantitative estimate of drug-likeness (QED) is 0.263. The average Bonchev–Trinajstić information content (AvgIpc) is 3.21. The minimum Gasteiger partial charge on any atom is -0.302 e. The summed E-state index contributed by atoms with van der Waals surface area (Å²) in [7, 11) is 0. The standard InChI is InChI=1S/C24H23N5OS/c1-3-29-23(19-13-11-17(2)12-14-19)27-28-24(29)31-16-22(30)26-25-15-20-9-6-8-18-7-4-5-10-21(18)20/h4-15H,3,16H2,1-2H3,(H,26,30)/b25-15+. The molecule has 1 N–H and O–H groups in total. The lowest BCUT2D eigenvalue weighted by atomic mass is 10.1. The third kappa shape index (κ3) is 4.83. The van der Waals surface area contributed by atoms with Crippen LogP contribution in [0.4, 0.5) is 0 Å². The number of fused-ring (bicyclic) bond motifs is 1. The second-order valence-electron chi connectivity index (χ2n) is 7.07. The molecule has 6 nitrogen and oxygen atoms in total. The molecule has 0 atom stereocenters. The molecule has 1 heterocycles.